The van der Waals surface area contributed by atoms with Crippen LogP contribution in [0.25, 0.3) is 6.08 Å². The molecule has 0 bridgehead atoms. The molecular formula is C27H26F2N2O. The molecule has 0 fully saturated rings. The highest BCUT2D eigenvalue weighted by Gasteiger charge is 2.41. The number of halogens is 2. The van der Waals surface area contributed by atoms with Crippen LogP contribution in [-0.2, 0) is 4.74 Å². The zero-order chi connectivity index (χ0) is 23.0. The van der Waals surface area contributed by atoms with Crippen LogP contribution in [0.15, 0.2) is 76.9 Å². The molecule has 2 unspecified atom stereocenters. The van der Waals surface area contributed by atoms with E-state index in [2.05, 4.69) is 26.8 Å². The molecule has 5 heteroatoms. The van der Waals surface area contributed by atoms with Crippen LogP contribution >= 0.6 is 0 Å². The third-order valence-corrected chi connectivity index (χ3v) is 6.43. The average molecular weight is 433 g/mol. The maximum absolute atomic E-state index is 14.9. The highest BCUT2D eigenvalue weighted by molar-refractivity contribution is 5.63. The van der Waals surface area contributed by atoms with E-state index >= 15 is 0 Å². The Morgan fingerprint density at radius 1 is 1.03 bits per heavy atom. The number of nitrogens with two attached hydrogens (primary N) is 1. The van der Waals surface area contributed by atoms with Crippen LogP contribution in [0.5, 0.6) is 0 Å². The van der Waals surface area contributed by atoms with Crippen molar-refractivity contribution < 1.29 is 13.5 Å². The van der Waals surface area contributed by atoms with Gasteiger partial charge in [0.15, 0.2) is 0 Å². The minimum atomic E-state index is -0.640. The molecule has 0 saturated carbocycles. The van der Waals surface area contributed by atoms with Crippen molar-refractivity contribution >= 4 is 6.08 Å². The van der Waals surface area contributed by atoms with Crippen LogP contribution in [0, 0.1) is 34.3 Å². The Labute approximate surface area is 187 Å². The third-order valence-electron chi connectivity index (χ3n) is 6.43. The number of hydrogen-bond acceptors (Lipinski definition) is 3. The maximum Gasteiger partial charge on any atom is 0.205 e. The molecule has 0 aromatic heterocycles. The molecule has 0 saturated heterocycles. The lowest BCUT2D eigenvalue weighted by atomic mass is 9.66. The second-order valence-corrected chi connectivity index (χ2v) is 9.46. The van der Waals surface area contributed by atoms with Gasteiger partial charge < -0.3 is 10.5 Å². The number of allylic oxidation sites excluding steroid dienone is 3. The van der Waals surface area contributed by atoms with E-state index in [9.17, 15) is 14.0 Å². The van der Waals surface area contributed by atoms with Crippen molar-refractivity contribution in [3.8, 4) is 6.07 Å². The van der Waals surface area contributed by atoms with E-state index < -0.39 is 11.7 Å². The molecule has 1 aliphatic heterocycles. The Morgan fingerprint density at radius 3 is 2.31 bits per heavy atom. The van der Waals surface area contributed by atoms with E-state index in [-0.39, 0.29) is 28.6 Å². The number of benzene rings is 2. The van der Waals surface area contributed by atoms with E-state index in [4.69, 9.17) is 10.5 Å². The summed E-state index contributed by atoms with van der Waals surface area (Å²) in [6, 6.07) is 15.1. The molecule has 2 atom stereocenters. The largest absolute Gasteiger partial charge is 0.440 e. The predicted octanol–water partition coefficient (Wildman–Crippen LogP) is 6.57. The van der Waals surface area contributed by atoms with Crippen molar-refractivity contribution in [1.82, 2.24) is 0 Å². The Hall–Kier alpha value is -3.39. The van der Waals surface area contributed by atoms with Crippen LogP contribution in [0.2, 0.25) is 0 Å². The molecule has 1 aliphatic carbocycles. The van der Waals surface area contributed by atoms with Gasteiger partial charge >= 0.3 is 0 Å². The fraction of sp³-hybridized carbons (Fsp3) is 0.296. The van der Waals surface area contributed by atoms with Gasteiger partial charge in [-0.3, -0.25) is 0 Å². The smallest absolute Gasteiger partial charge is 0.205 e. The molecule has 2 aromatic rings. The van der Waals surface area contributed by atoms with Crippen molar-refractivity contribution in [3.05, 3.63) is 99.7 Å². The summed E-state index contributed by atoms with van der Waals surface area (Å²) in [6.45, 7) is 6.46. The average Bonchev–Trinajstić information content (AvgIpc) is 2.74. The first kappa shape index (κ1) is 21.8. The molecule has 2 aromatic carbocycles. The molecule has 0 amide bonds. The quantitative estimate of drug-likeness (QED) is 0.584. The van der Waals surface area contributed by atoms with Gasteiger partial charge in [0.25, 0.3) is 0 Å². The minimum Gasteiger partial charge on any atom is -0.440 e. The van der Waals surface area contributed by atoms with Gasteiger partial charge in [-0.05, 0) is 53.5 Å². The minimum absolute atomic E-state index is 0.0341. The molecule has 32 heavy (non-hydrogen) atoms. The zero-order valence-corrected chi connectivity index (χ0v) is 18.5. The third kappa shape index (κ3) is 3.93. The molecule has 3 nitrogen and oxygen atoms in total. The Morgan fingerprint density at radius 2 is 1.69 bits per heavy atom. The Kier molecular flexibility index (Phi) is 5.64. The van der Waals surface area contributed by atoms with Gasteiger partial charge in [0.05, 0.1) is 5.92 Å². The summed E-state index contributed by atoms with van der Waals surface area (Å²) in [5, 5.41) is 9.86. The maximum atomic E-state index is 14.9. The summed E-state index contributed by atoms with van der Waals surface area (Å²) >= 11 is 0. The zero-order valence-electron chi connectivity index (χ0n) is 18.5. The first-order valence-electron chi connectivity index (χ1n) is 10.7. The van der Waals surface area contributed by atoms with Crippen LogP contribution in [0.4, 0.5) is 8.78 Å². The summed E-state index contributed by atoms with van der Waals surface area (Å²) in [4.78, 5) is 0. The van der Waals surface area contributed by atoms with Gasteiger partial charge in [-0.25, -0.2) is 8.78 Å². The predicted molar refractivity (Wildman–Crippen MR) is 121 cm³/mol. The van der Waals surface area contributed by atoms with E-state index in [1.54, 1.807) is 42.5 Å². The summed E-state index contributed by atoms with van der Waals surface area (Å²) in [5.41, 5.74) is 8.75. The highest BCUT2D eigenvalue weighted by Crippen LogP contribution is 2.52. The molecule has 0 radical (unpaired) electrons. The fourth-order valence-electron chi connectivity index (χ4n) is 4.54. The van der Waals surface area contributed by atoms with Gasteiger partial charge in [0.1, 0.15) is 29.0 Å². The standard InChI is InChI=1S/C27H26F2N2O/c1-27(2,3)18-13-17(12-16-8-4-6-10-22(16)28)25-20(14-18)24(21(15-30)26(31)32-25)19-9-5-7-11-23(19)29/h4-12,18,24H,13-14,31H2,1-3H3/b17-12+. The van der Waals surface area contributed by atoms with Gasteiger partial charge in [-0.15, -0.1) is 0 Å². The van der Waals surface area contributed by atoms with E-state index in [0.717, 1.165) is 11.1 Å². The van der Waals surface area contributed by atoms with E-state index in [1.165, 1.54) is 12.1 Å². The lowest BCUT2D eigenvalue weighted by Gasteiger charge is -2.41. The van der Waals surface area contributed by atoms with Crippen molar-refractivity contribution in [3.63, 3.8) is 0 Å². The summed E-state index contributed by atoms with van der Waals surface area (Å²) in [5.74, 6) is -0.686. The molecule has 2 N–H and O–H groups in total. The van der Waals surface area contributed by atoms with Gasteiger partial charge in [-0.1, -0.05) is 57.2 Å². The molecule has 1 heterocycles. The van der Waals surface area contributed by atoms with Crippen molar-refractivity contribution in [1.29, 1.82) is 5.26 Å². The molecule has 0 spiro atoms. The van der Waals surface area contributed by atoms with Gasteiger partial charge in [0, 0.05) is 11.1 Å². The number of rotatable bonds is 2. The van der Waals surface area contributed by atoms with Crippen molar-refractivity contribution in [2.24, 2.45) is 17.1 Å². The number of nitrogens with zero attached hydrogens (tertiary/aromatic N) is 1. The number of nitriles is 1. The highest BCUT2D eigenvalue weighted by atomic mass is 19.1. The Balaban J connectivity index is 1.95. The van der Waals surface area contributed by atoms with Crippen LogP contribution in [0.1, 0.15) is 50.7 Å². The molecule has 2 aliphatic rings. The normalized spacial score (nSPS) is 22.4. The van der Waals surface area contributed by atoms with Gasteiger partial charge in [0.2, 0.25) is 5.88 Å². The summed E-state index contributed by atoms with van der Waals surface area (Å²) in [6.07, 6.45) is 3.08. The SMILES string of the molecule is CC(C)(C)C1CC2=C(OC(N)=C(C#N)C2c2ccccc2F)/C(=C/c2ccccc2F)C1. The van der Waals surface area contributed by atoms with Crippen LogP contribution < -0.4 is 5.73 Å². The van der Waals surface area contributed by atoms with Crippen LogP contribution in [0.3, 0.4) is 0 Å². The summed E-state index contributed by atoms with van der Waals surface area (Å²) in [7, 11) is 0. The van der Waals surface area contributed by atoms with Crippen molar-refractivity contribution in [2.75, 3.05) is 0 Å². The lowest BCUT2D eigenvalue weighted by Crippen LogP contribution is -2.31. The number of ether oxygens (including phenoxy) is 1. The first-order chi connectivity index (χ1) is 15.2. The fourth-order valence-corrected chi connectivity index (χ4v) is 4.54. The Bertz CT molecular complexity index is 1190. The lowest BCUT2D eigenvalue weighted by molar-refractivity contribution is 0.200. The second-order valence-electron chi connectivity index (χ2n) is 9.46. The molecule has 164 valence electrons. The van der Waals surface area contributed by atoms with Crippen LogP contribution in [-0.4, -0.2) is 0 Å². The topological polar surface area (TPSA) is 59.0 Å². The van der Waals surface area contributed by atoms with Gasteiger partial charge in [-0.2, -0.15) is 5.26 Å². The molecular weight excluding hydrogens is 406 g/mol. The van der Waals surface area contributed by atoms with Crippen molar-refractivity contribution in [2.45, 2.75) is 39.5 Å². The molecule has 4 rings (SSSR count). The van der Waals surface area contributed by atoms with E-state index in [0.29, 0.717) is 29.7 Å². The van der Waals surface area contributed by atoms with E-state index in [1.807, 2.05) is 0 Å². The summed E-state index contributed by atoms with van der Waals surface area (Å²) < 4.78 is 35.3. The monoisotopic (exact) mass is 432 g/mol. The second kappa shape index (κ2) is 8.27. The first-order valence-corrected chi connectivity index (χ1v) is 10.7. The number of hydrogen-bond donors (Lipinski definition) is 1.